The number of nitrogens with one attached hydrogen (secondary N) is 1. The second-order valence-electron chi connectivity index (χ2n) is 3.00. The van der Waals surface area contributed by atoms with Crippen molar-refractivity contribution in [1.29, 1.82) is 0 Å². The fourth-order valence-corrected chi connectivity index (χ4v) is 1.29. The fourth-order valence-electron chi connectivity index (χ4n) is 1.29. The maximum Gasteiger partial charge on any atom is 0.262 e. The average molecular weight is 206 g/mol. The molecular formula is C10H7FN2O2. The van der Waals surface area contributed by atoms with Crippen LogP contribution in [0.3, 0.4) is 0 Å². The molecule has 0 saturated heterocycles. The highest BCUT2D eigenvalue weighted by Crippen LogP contribution is 2.12. The van der Waals surface area contributed by atoms with E-state index < -0.39 is 11.4 Å². The lowest BCUT2D eigenvalue weighted by Gasteiger charge is -2.01. The van der Waals surface area contributed by atoms with E-state index in [9.17, 15) is 9.18 Å². The Morgan fingerprint density at radius 2 is 2.27 bits per heavy atom. The van der Waals surface area contributed by atoms with Gasteiger partial charge in [-0.1, -0.05) is 12.6 Å². The quantitative estimate of drug-likeness (QED) is 0.696. The van der Waals surface area contributed by atoms with E-state index in [-0.39, 0.29) is 22.5 Å². The van der Waals surface area contributed by atoms with E-state index in [1.165, 1.54) is 18.2 Å². The second kappa shape index (κ2) is 3.20. The molecule has 0 fully saturated rings. The van der Waals surface area contributed by atoms with E-state index in [0.29, 0.717) is 0 Å². The summed E-state index contributed by atoms with van der Waals surface area (Å²) in [6.45, 7) is 3.22. The van der Waals surface area contributed by atoms with E-state index in [2.05, 4.69) is 16.5 Å². The Bertz CT molecular complexity index is 604. The van der Waals surface area contributed by atoms with Crippen molar-refractivity contribution in [2.75, 3.05) is 0 Å². The van der Waals surface area contributed by atoms with Crippen LogP contribution in [0.2, 0.25) is 0 Å². The van der Waals surface area contributed by atoms with Gasteiger partial charge in [0.15, 0.2) is 11.6 Å². The predicted octanol–water partition coefficient (Wildman–Crippen LogP) is 1.59. The standard InChI is InChI=1S/C10H7FN2O2/c1-5(14)9-12-7-4-2-3-6(11)8(7)10(15)13-9/h2-4,14H,1H2,(H,12,13,15). The molecule has 2 N–H and O–H groups in total. The Kier molecular flexibility index (Phi) is 2.00. The van der Waals surface area contributed by atoms with Crippen LogP contribution in [0, 0.1) is 5.82 Å². The number of aromatic nitrogens is 2. The van der Waals surface area contributed by atoms with Crippen molar-refractivity contribution in [3.8, 4) is 0 Å². The largest absolute Gasteiger partial charge is 0.505 e. The van der Waals surface area contributed by atoms with Gasteiger partial charge < -0.3 is 10.1 Å². The van der Waals surface area contributed by atoms with Crippen molar-refractivity contribution in [3.05, 3.63) is 46.8 Å². The first kappa shape index (κ1) is 9.39. The molecule has 1 heterocycles. The van der Waals surface area contributed by atoms with E-state index >= 15 is 0 Å². The monoisotopic (exact) mass is 206 g/mol. The van der Waals surface area contributed by atoms with Gasteiger partial charge in [-0.05, 0) is 12.1 Å². The summed E-state index contributed by atoms with van der Waals surface area (Å²) in [5.74, 6) is -1.06. The predicted molar refractivity (Wildman–Crippen MR) is 54.0 cm³/mol. The number of hydrogen-bond donors (Lipinski definition) is 2. The number of aliphatic hydroxyl groups excluding tert-OH is 1. The van der Waals surface area contributed by atoms with Crippen LogP contribution >= 0.6 is 0 Å². The summed E-state index contributed by atoms with van der Waals surface area (Å²) in [7, 11) is 0. The highest BCUT2D eigenvalue weighted by atomic mass is 19.1. The van der Waals surface area contributed by atoms with Crippen LogP contribution in [0.5, 0.6) is 0 Å². The average Bonchev–Trinajstić information content (AvgIpc) is 2.17. The molecule has 4 nitrogen and oxygen atoms in total. The minimum absolute atomic E-state index is 0.0573. The van der Waals surface area contributed by atoms with E-state index in [1.54, 1.807) is 0 Å². The molecule has 0 amide bonds. The molecule has 2 aromatic rings. The van der Waals surface area contributed by atoms with Gasteiger partial charge in [0, 0.05) is 0 Å². The number of aliphatic hydroxyl groups is 1. The highest BCUT2D eigenvalue weighted by molar-refractivity contribution is 5.78. The topological polar surface area (TPSA) is 66.0 Å². The number of nitrogens with zero attached hydrogens (tertiary/aromatic N) is 1. The first-order valence-electron chi connectivity index (χ1n) is 4.16. The lowest BCUT2D eigenvalue weighted by molar-refractivity contribution is 0.506. The third kappa shape index (κ3) is 1.48. The third-order valence-corrected chi connectivity index (χ3v) is 1.96. The number of hydrogen-bond acceptors (Lipinski definition) is 3. The van der Waals surface area contributed by atoms with E-state index in [0.717, 1.165) is 0 Å². The lowest BCUT2D eigenvalue weighted by Crippen LogP contribution is -2.12. The molecule has 0 aliphatic heterocycles. The van der Waals surface area contributed by atoms with Crippen molar-refractivity contribution >= 4 is 16.7 Å². The van der Waals surface area contributed by atoms with Crippen LogP contribution < -0.4 is 5.56 Å². The van der Waals surface area contributed by atoms with Crippen LogP contribution in [0.1, 0.15) is 5.82 Å². The maximum atomic E-state index is 13.2. The first-order valence-corrected chi connectivity index (χ1v) is 4.16. The maximum absolute atomic E-state index is 13.2. The van der Waals surface area contributed by atoms with Gasteiger partial charge in [-0.2, -0.15) is 0 Å². The molecule has 76 valence electrons. The minimum Gasteiger partial charge on any atom is -0.505 e. The molecule has 0 atom stereocenters. The van der Waals surface area contributed by atoms with Gasteiger partial charge >= 0.3 is 0 Å². The summed E-state index contributed by atoms with van der Waals surface area (Å²) in [4.78, 5) is 17.5. The number of benzene rings is 1. The molecule has 0 unspecified atom stereocenters. The summed E-state index contributed by atoms with van der Waals surface area (Å²) in [5, 5.41) is 8.93. The highest BCUT2D eigenvalue weighted by Gasteiger charge is 2.08. The molecule has 15 heavy (non-hydrogen) atoms. The van der Waals surface area contributed by atoms with Gasteiger partial charge in [-0.3, -0.25) is 4.79 Å². The summed E-state index contributed by atoms with van der Waals surface area (Å²) < 4.78 is 13.2. The zero-order valence-electron chi connectivity index (χ0n) is 7.62. The zero-order chi connectivity index (χ0) is 11.0. The number of H-pyrrole nitrogens is 1. The molecule has 0 aliphatic carbocycles. The summed E-state index contributed by atoms with van der Waals surface area (Å²) in [6, 6.07) is 4.10. The number of fused-ring (bicyclic) bond motifs is 1. The van der Waals surface area contributed by atoms with Gasteiger partial charge in [0.25, 0.3) is 5.56 Å². The number of halogens is 1. The Morgan fingerprint density at radius 3 is 2.93 bits per heavy atom. The smallest absolute Gasteiger partial charge is 0.262 e. The minimum atomic E-state index is -0.642. The second-order valence-corrected chi connectivity index (χ2v) is 3.00. The molecule has 1 aromatic carbocycles. The van der Waals surface area contributed by atoms with Crippen molar-refractivity contribution < 1.29 is 9.50 Å². The zero-order valence-corrected chi connectivity index (χ0v) is 7.62. The summed E-state index contributed by atoms with van der Waals surface area (Å²) in [5.41, 5.74) is -0.452. The molecule has 0 aliphatic rings. The first-order chi connectivity index (χ1) is 7.09. The van der Waals surface area contributed by atoms with Crippen molar-refractivity contribution in [2.45, 2.75) is 0 Å². The van der Waals surface area contributed by atoms with Gasteiger partial charge in [0.1, 0.15) is 11.2 Å². The van der Waals surface area contributed by atoms with Crippen LogP contribution in [0.25, 0.3) is 16.7 Å². The third-order valence-electron chi connectivity index (χ3n) is 1.96. The van der Waals surface area contributed by atoms with Crippen LogP contribution in [-0.4, -0.2) is 15.1 Å². The van der Waals surface area contributed by atoms with Gasteiger partial charge in [0.05, 0.1) is 5.52 Å². The molecule has 2 rings (SSSR count). The summed E-state index contributed by atoms with van der Waals surface area (Å²) in [6.07, 6.45) is 0. The fraction of sp³-hybridized carbons (Fsp3) is 0. The Balaban J connectivity index is 2.91. The molecule has 0 saturated carbocycles. The van der Waals surface area contributed by atoms with Crippen molar-refractivity contribution in [3.63, 3.8) is 0 Å². The van der Waals surface area contributed by atoms with Gasteiger partial charge in [-0.15, -0.1) is 0 Å². The number of aromatic amines is 1. The van der Waals surface area contributed by atoms with Crippen molar-refractivity contribution in [1.82, 2.24) is 9.97 Å². The van der Waals surface area contributed by atoms with Crippen LogP contribution in [-0.2, 0) is 0 Å². The number of rotatable bonds is 1. The van der Waals surface area contributed by atoms with E-state index in [1.807, 2.05) is 0 Å². The van der Waals surface area contributed by atoms with Crippen LogP contribution in [0.15, 0.2) is 29.6 Å². The molecule has 0 bridgehead atoms. The molecule has 0 spiro atoms. The molecule has 5 heteroatoms. The van der Waals surface area contributed by atoms with Crippen LogP contribution in [0.4, 0.5) is 4.39 Å². The lowest BCUT2D eigenvalue weighted by atomic mass is 10.2. The van der Waals surface area contributed by atoms with Gasteiger partial charge in [0.2, 0.25) is 0 Å². The van der Waals surface area contributed by atoms with Gasteiger partial charge in [-0.25, -0.2) is 9.37 Å². The van der Waals surface area contributed by atoms with Crippen molar-refractivity contribution in [2.24, 2.45) is 0 Å². The SMILES string of the molecule is C=C(O)c1nc2cccc(F)c2c(=O)[nH]1. The van der Waals surface area contributed by atoms with E-state index in [4.69, 9.17) is 5.11 Å². The Hall–Kier alpha value is -2.17. The Morgan fingerprint density at radius 1 is 1.53 bits per heavy atom. The normalized spacial score (nSPS) is 10.5. The molecular weight excluding hydrogens is 199 g/mol. The molecule has 1 aromatic heterocycles. The Labute approximate surface area is 83.7 Å². The summed E-state index contributed by atoms with van der Waals surface area (Å²) >= 11 is 0. The molecule has 0 radical (unpaired) electrons.